The smallest absolute Gasteiger partial charge is 0.176 e. The van der Waals surface area contributed by atoms with Gasteiger partial charge in [0.05, 0.1) is 13.2 Å². The Morgan fingerprint density at radius 3 is 2.52 bits per heavy atom. The Morgan fingerprint density at radius 2 is 1.95 bits per heavy atom. The van der Waals surface area contributed by atoms with Gasteiger partial charge in [-0.15, -0.1) is 0 Å². The van der Waals surface area contributed by atoms with Gasteiger partial charge in [-0.3, -0.25) is 9.69 Å². The summed E-state index contributed by atoms with van der Waals surface area (Å²) in [5.74, 6) is 2.45. The van der Waals surface area contributed by atoms with Crippen molar-refractivity contribution < 1.29 is 9.53 Å². The van der Waals surface area contributed by atoms with Crippen LogP contribution >= 0.6 is 0 Å². The Morgan fingerprint density at radius 1 is 1.29 bits per heavy atom. The predicted molar refractivity (Wildman–Crippen MR) is 86.1 cm³/mol. The molecule has 0 radical (unpaired) electrons. The summed E-state index contributed by atoms with van der Waals surface area (Å²) in [6.07, 6.45) is 1.27. The number of piperidine rings is 1. The van der Waals surface area contributed by atoms with Crippen molar-refractivity contribution in [2.45, 2.75) is 34.1 Å². The molecule has 2 unspecified atom stereocenters. The van der Waals surface area contributed by atoms with Gasteiger partial charge in [-0.05, 0) is 55.9 Å². The lowest BCUT2D eigenvalue weighted by molar-refractivity contribution is 0.0849. The highest BCUT2D eigenvalue weighted by Crippen LogP contribution is 2.22. The van der Waals surface area contributed by atoms with E-state index in [0.717, 1.165) is 30.0 Å². The van der Waals surface area contributed by atoms with Crippen LogP contribution in [0.1, 0.15) is 43.1 Å². The van der Waals surface area contributed by atoms with Crippen LogP contribution in [0.25, 0.3) is 0 Å². The molecule has 0 N–H and O–H groups in total. The Labute approximate surface area is 128 Å². The molecule has 2 rings (SSSR count). The highest BCUT2D eigenvalue weighted by molar-refractivity contribution is 5.98. The third-order valence-corrected chi connectivity index (χ3v) is 4.11. The molecular formula is C18H27NO2. The molecule has 1 aromatic rings. The molecule has 1 heterocycles. The van der Waals surface area contributed by atoms with Gasteiger partial charge in [-0.25, -0.2) is 0 Å². The minimum Gasteiger partial charge on any atom is -0.494 e. The fourth-order valence-corrected chi connectivity index (χ4v) is 3.36. The van der Waals surface area contributed by atoms with E-state index in [1.54, 1.807) is 0 Å². The first-order valence-electron chi connectivity index (χ1n) is 7.98. The van der Waals surface area contributed by atoms with E-state index >= 15 is 0 Å². The van der Waals surface area contributed by atoms with E-state index in [2.05, 4.69) is 18.7 Å². The zero-order valence-electron chi connectivity index (χ0n) is 13.7. The third kappa shape index (κ3) is 4.31. The van der Waals surface area contributed by atoms with E-state index in [9.17, 15) is 4.79 Å². The van der Waals surface area contributed by atoms with E-state index in [0.29, 0.717) is 25.0 Å². The fraction of sp³-hybridized carbons (Fsp3) is 0.611. The highest BCUT2D eigenvalue weighted by atomic mass is 16.5. The van der Waals surface area contributed by atoms with E-state index in [4.69, 9.17) is 4.74 Å². The number of Topliss-reactive ketones (excluding diaryl/α,β-unsaturated/α-hetero) is 1. The summed E-state index contributed by atoms with van der Waals surface area (Å²) >= 11 is 0. The molecule has 0 amide bonds. The van der Waals surface area contributed by atoms with E-state index in [1.165, 1.54) is 6.42 Å². The fourth-order valence-electron chi connectivity index (χ4n) is 3.36. The highest BCUT2D eigenvalue weighted by Gasteiger charge is 2.23. The first-order chi connectivity index (χ1) is 9.99. The lowest BCUT2D eigenvalue weighted by Crippen LogP contribution is -2.41. The number of ketones is 1. The van der Waals surface area contributed by atoms with Crippen LogP contribution in [0, 0.1) is 18.8 Å². The van der Waals surface area contributed by atoms with Crippen LogP contribution in [0.5, 0.6) is 5.75 Å². The van der Waals surface area contributed by atoms with Crippen LogP contribution in [0.2, 0.25) is 0 Å². The van der Waals surface area contributed by atoms with Gasteiger partial charge in [0, 0.05) is 18.7 Å². The largest absolute Gasteiger partial charge is 0.494 e. The quantitative estimate of drug-likeness (QED) is 0.776. The Hall–Kier alpha value is -1.35. The van der Waals surface area contributed by atoms with Gasteiger partial charge in [0.25, 0.3) is 0 Å². The number of benzene rings is 1. The molecule has 0 spiro atoms. The number of aryl methyl sites for hydroxylation is 1. The summed E-state index contributed by atoms with van der Waals surface area (Å²) in [4.78, 5) is 14.8. The van der Waals surface area contributed by atoms with Gasteiger partial charge in [0.15, 0.2) is 5.78 Å². The van der Waals surface area contributed by atoms with Crippen molar-refractivity contribution in [3.63, 3.8) is 0 Å². The second-order valence-corrected chi connectivity index (χ2v) is 6.48. The lowest BCUT2D eigenvalue weighted by atomic mass is 9.91. The Bertz CT molecular complexity index is 488. The van der Waals surface area contributed by atoms with Gasteiger partial charge in [0.2, 0.25) is 0 Å². The normalized spacial score (nSPS) is 23.0. The number of rotatable bonds is 5. The molecule has 2 atom stereocenters. The first kappa shape index (κ1) is 16.0. The monoisotopic (exact) mass is 289 g/mol. The molecule has 116 valence electrons. The van der Waals surface area contributed by atoms with Crippen LogP contribution in [-0.2, 0) is 0 Å². The zero-order chi connectivity index (χ0) is 15.4. The van der Waals surface area contributed by atoms with Crippen LogP contribution < -0.4 is 4.74 Å². The topological polar surface area (TPSA) is 29.5 Å². The van der Waals surface area contributed by atoms with Crippen molar-refractivity contribution in [1.82, 2.24) is 4.90 Å². The number of hydrogen-bond acceptors (Lipinski definition) is 3. The van der Waals surface area contributed by atoms with Crippen molar-refractivity contribution in [3.05, 3.63) is 29.3 Å². The van der Waals surface area contributed by atoms with Gasteiger partial charge < -0.3 is 4.74 Å². The van der Waals surface area contributed by atoms with Gasteiger partial charge in [0.1, 0.15) is 5.75 Å². The van der Waals surface area contributed by atoms with Crippen LogP contribution in [-0.4, -0.2) is 36.9 Å². The van der Waals surface area contributed by atoms with Crippen molar-refractivity contribution in [2.75, 3.05) is 26.2 Å². The summed E-state index contributed by atoms with van der Waals surface area (Å²) in [7, 11) is 0. The molecule has 3 nitrogen and oxygen atoms in total. The summed E-state index contributed by atoms with van der Waals surface area (Å²) < 4.78 is 5.53. The van der Waals surface area contributed by atoms with Crippen molar-refractivity contribution in [2.24, 2.45) is 11.8 Å². The summed E-state index contributed by atoms with van der Waals surface area (Å²) in [6, 6.07) is 5.74. The third-order valence-electron chi connectivity index (χ3n) is 4.11. The summed E-state index contributed by atoms with van der Waals surface area (Å²) in [6.45, 7) is 11.8. The van der Waals surface area contributed by atoms with E-state index in [-0.39, 0.29) is 5.78 Å². The maximum atomic E-state index is 12.5. The standard InChI is InChI=1S/C18H27NO2/c1-5-21-18-7-6-16(9-15(18)4)17(20)12-19-10-13(2)8-14(3)11-19/h6-7,9,13-14H,5,8,10-12H2,1-4H3. The first-order valence-corrected chi connectivity index (χ1v) is 7.98. The van der Waals surface area contributed by atoms with Gasteiger partial charge in [-0.2, -0.15) is 0 Å². The second-order valence-electron chi connectivity index (χ2n) is 6.48. The number of hydrogen-bond donors (Lipinski definition) is 0. The minimum absolute atomic E-state index is 0.211. The molecule has 3 heteroatoms. The molecule has 21 heavy (non-hydrogen) atoms. The van der Waals surface area contributed by atoms with Crippen molar-refractivity contribution in [1.29, 1.82) is 0 Å². The molecule has 1 aliphatic heterocycles. The van der Waals surface area contributed by atoms with Gasteiger partial charge >= 0.3 is 0 Å². The SMILES string of the molecule is CCOc1ccc(C(=O)CN2CC(C)CC(C)C2)cc1C. The zero-order valence-corrected chi connectivity index (χ0v) is 13.7. The maximum Gasteiger partial charge on any atom is 0.176 e. The number of carbonyl (C=O) groups excluding carboxylic acids is 1. The molecule has 1 aliphatic rings. The molecule has 1 aromatic carbocycles. The molecule has 1 fully saturated rings. The van der Waals surface area contributed by atoms with E-state index in [1.807, 2.05) is 32.0 Å². The van der Waals surface area contributed by atoms with Crippen LogP contribution in [0.4, 0.5) is 0 Å². The number of likely N-dealkylation sites (tertiary alicyclic amines) is 1. The minimum atomic E-state index is 0.211. The number of ether oxygens (including phenoxy) is 1. The van der Waals surface area contributed by atoms with E-state index < -0.39 is 0 Å². The van der Waals surface area contributed by atoms with Gasteiger partial charge in [-0.1, -0.05) is 13.8 Å². The molecule has 0 aromatic heterocycles. The van der Waals surface area contributed by atoms with Crippen LogP contribution in [0.15, 0.2) is 18.2 Å². The summed E-state index contributed by atoms with van der Waals surface area (Å²) in [5.41, 5.74) is 1.82. The summed E-state index contributed by atoms with van der Waals surface area (Å²) in [5, 5.41) is 0. The molecule has 0 bridgehead atoms. The van der Waals surface area contributed by atoms with Crippen LogP contribution in [0.3, 0.4) is 0 Å². The molecule has 1 saturated heterocycles. The Balaban J connectivity index is 2.01. The van der Waals surface area contributed by atoms with Crippen molar-refractivity contribution >= 4 is 5.78 Å². The lowest BCUT2D eigenvalue weighted by Gasteiger charge is -2.34. The molecule has 0 aliphatic carbocycles. The second kappa shape index (κ2) is 7.08. The Kier molecular flexibility index (Phi) is 5.40. The number of nitrogens with zero attached hydrogens (tertiary/aromatic N) is 1. The predicted octanol–water partition coefficient (Wildman–Crippen LogP) is 3.55. The van der Waals surface area contributed by atoms with Crippen molar-refractivity contribution in [3.8, 4) is 5.75 Å². The average Bonchev–Trinajstić information content (AvgIpc) is 2.40. The molecular weight excluding hydrogens is 262 g/mol. The maximum absolute atomic E-state index is 12.5. The average molecular weight is 289 g/mol. The number of carbonyl (C=O) groups is 1. The molecule has 0 saturated carbocycles.